The van der Waals surface area contributed by atoms with E-state index in [2.05, 4.69) is 58.1 Å². The molecule has 0 saturated heterocycles. The molecule has 0 unspecified atom stereocenters. The summed E-state index contributed by atoms with van der Waals surface area (Å²) in [5.74, 6) is 0.471. The quantitative estimate of drug-likeness (QED) is 0.246. The number of likely N-dealkylation sites (N-methyl/N-ethyl adjacent to an activating group) is 1. The van der Waals surface area contributed by atoms with E-state index in [-0.39, 0.29) is 59.0 Å². The van der Waals surface area contributed by atoms with Crippen LogP contribution in [0.25, 0.3) is 11.1 Å². The minimum absolute atomic E-state index is 0.0103. The van der Waals surface area contributed by atoms with Gasteiger partial charge in [0, 0.05) is 36.8 Å². The van der Waals surface area contributed by atoms with Crippen molar-refractivity contribution < 1.29 is 27.6 Å². The number of ether oxygens (including phenoxy) is 1. The lowest BCUT2D eigenvalue weighted by molar-refractivity contribution is -0.134. The number of nitrogens with one attached hydrogen (secondary N) is 1. The third kappa shape index (κ3) is 7.60. The van der Waals surface area contributed by atoms with Crippen LogP contribution < -0.4 is 9.46 Å². The molecule has 3 aromatic carbocycles. The molecule has 1 aromatic heterocycles. The van der Waals surface area contributed by atoms with Crippen molar-refractivity contribution in [2.24, 2.45) is 5.92 Å². The zero-order valence-corrected chi connectivity index (χ0v) is 27.8. The van der Waals surface area contributed by atoms with E-state index in [0.717, 1.165) is 5.56 Å². The summed E-state index contributed by atoms with van der Waals surface area (Å²) in [7, 11) is -1.95. The van der Waals surface area contributed by atoms with E-state index in [4.69, 9.17) is 9.26 Å². The van der Waals surface area contributed by atoms with Crippen LogP contribution in [-0.2, 0) is 27.8 Å². The molecule has 46 heavy (non-hydrogen) atoms. The zero-order chi connectivity index (χ0) is 33.0. The number of sulfonamides is 1. The van der Waals surface area contributed by atoms with Gasteiger partial charge in [0.05, 0.1) is 19.1 Å². The van der Waals surface area contributed by atoms with Crippen molar-refractivity contribution in [1.82, 2.24) is 15.0 Å². The molecule has 0 bridgehead atoms. The number of anilines is 1. The van der Waals surface area contributed by atoms with Crippen molar-refractivity contribution in [1.29, 1.82) is 0 Å². The monoisotopic (exact) mass is 646 g/mol. The Morgan fingerprint density at radius 1 is 1.07 bits per heavy atom. The Labute approximate surface area is 271 Å². The lowest BCUT2D eigenvalue weighted by Gasteiger charge is -2.34. The molecular weight excluding hydrogens is 604 g/mol. The van der Waals surface area contributed by atoms with Gasteiger partial charge in [-0.1, -0.05) is 66.7 Å². The molecule has 0 spiro atoms. The first-order valence-electron chi connectivity index (χ1n) is 15.4. The predicted octanol–water partition coefficient (Wildman–Crippen LogP) is 5.04. The number of carbonyl (C=O) groups is 1. The van der Waals surface area contributed by atoms with Crippen molar-refractivity contribution >= 4 is 21.6 Å². The average Bonchev–Trinajstić information content (AvgIpc) is 3.40. The molecule has 2 heterocycles. The number of aliphatic hydroxyl groups excluding tert-OH is 1. The lowest BCUT2D eigenvalue weighted by Crippen LogP contribution is -2.47. The van der Waals surface area contributed by atoms with Crippen LogP contribution in [0, 0.1) is 19.8 Å². The van der Waals surface area contributed by atoms with Crippen LogP contribution in [0.3, 0.4) is 0 Å². The van der Waals surface area contributed by atoms with E-state index in [0.29, 0.717) is 30.9 Å². The molecule has 0 fully saturated rings. The fraction of sp³-hybridized carbons (Fsp3) is 0.371. The SMILES string of the molecule is Cc1noc(C)c1S(=O)(=O)Nc1ccc2c(c1)CC(=O)N([C@@H](C)CO)C[C@@H](C)[C@@H](CN(C)Cc1ccc(-c3ccccc3)cc1)O2. The summed E-state index contributed by atoms with van der Waals surface area (Å²) in [6.07, 6.45) is -0.305. The van der Waals surface area contributed by atoms with Crippen molar-refractivity contribution in [2.75, 3.05) is 31.5 Å². The Balaban J connectivity index is 1.38. The fourth-order valence-electron chi connectivity index (χ4n) is 5.89. The first kappa shape index (κ1) is 33.2. The van der Waals surface area contributed by atoms with Gasteiger partial charge in [0.25, 0.3) is 10.0 Å². The molecule has 0 saturated carbocycles. The molecule has 244 valence electrons. The second kappa shape index (κ2) is 14.1. The number of aliphatic hydroxyl groups is 1. The number of amides is 1. The van der Waals surface area contributed by atoms with Gasteiger partial charge in [-0.3, -0.25) is 14.4 Å². The smallest absolute Gasteiger partial charge is 0.267 e. The number of aryl methyl sites for hydroxylation is 2. The van der Waals surface area contributed by atoms with Crippen molar-refractivity contribution in [2.45, 2.75) is 57.7 Å². The predicted molar refractivity (Wildman–Crippen MR) is 177 cm³/mol. The van der Waals surface area contributed by atoms with Gasteiger partial charge in [-0.25, -0.2) is 8.42 Å². The number of aromatic nitrogens is 1. The molecule has 1 aliphatic rings. The van der Waals surface area contributed by atoms with E-state index >= 15 is 0 Å². The molecule has 0 radical (unpaired) electrons. The zero-order valence-electron chi connectivity index (χ0n) is 26.9. The fourth-order valence-corrected chi connectivity index (χ4v) is 7.27. The van der Waals surface area contributed by atoms with Crippen molar-refractivity contribution in [3.8, 4) is 16.9 Å². The first-order valence-corrected chi connectivity index (χ1v) is 16.9. The number of nitrogens with zero attached hydrogens (tertiary/aromatic N) is 3. The topological polar surface area (TPSA) is 125 Å². The van der Waals surface area contributed by atoms with E-state index < -0.39 is 10.0 Å². The van der Waals surface area contributed by atoms with E-state index in [1.165, 1.54) is 11.1 Å². The van der Waals surface area contributed by atoms with Gasteiger partial charge in [-0.15, -0.1) is 0 Å². The number of hydrogen-bond acceptors (Lipinski definition) is 8. The lowest BCUT2D eigenvalue weighted by atomic mass is 10.0. The highest BCUT2D eigenvalue weighted by Crippen LogP contribution is 2.31. The second-order valence-electron chi connectivity index (χ2n) is 12.2. The Morgan fingerprint density at radius 2 is 1.76 bits per heavy atom. The molecule has 2 N–H and O–H groups in total. The third-order valence-corrected chi connectivity index (χ3v) is 10.0. The maximum atomic E-state index is 13.6. The highest BCUT2D eigenvalue weighted by atomic mass is 32.2. The summed E-state index contributed by atoms with van der Waals surface area (Å²) in [6.45, 7) is 8.49. The summed E-state index contributed by atoms with van der Waals surface area (Å²) < 4.78 is 40.7. The summed E-state index contributed by atoms with van der Waals surface area (Å²) in [4.78, 5) is 17.5. The molecule has 0 aliphatic carbocycles. The molecular formula is C35H42N4O6S. The normalized spacial score (nSPS) is 17.9. The Morgan fingerprint density at radius 3 is 2.41 bits per heavy atom. The number of hydrogen-bond donors (Lipinski definition) is 2. The van der Waals surface area contributed by atoms with E-state index in [1.54, 1.807) is 36.9 Å². The van der Waals surface area contributed by atoms with Crippen LogP contribution in [0.2, 0.25) is 0 Å². The summed E-state index contributed by atoms with van der Waals surface area (Å²) in [5.41, 5.74) is 4.60. The Kier molecular flexibility index (Phi) is 10.1. The van der Waals surface area contributed by atoms with Gasteiger partial charge in [-0.2, -0.15) is 0 Å². The van der Waals surface area contributed by atoms with Gasteiger partial charge in [0.1, 0.15) is 17.5 Å². The molecule has 1 aliphatic heterocycles. The largest absolute Gasteiger partial charge is 0.488 e. The summed E-state index contributed by atoms with van der Waals surface area (Å²) in [6, 6.07) is 23.4. The van der Waals surface area contributed by atoms with E-state index in [1.807, 2.05) is 32.2 Å². The maximum Gasteiger partial charge on any atom is 0.267 e. The Hall–Kier alpha value is -4.19. The third-order valence-electron chi connectivity index (χ3n) is 8.41. The van der Waals surface area contributed by atoms with Gasteiger partial charge in [-0.05, 0) is 62.7 Å². The number of carbonyl (C=O) groups excluding carboxylic acids is 1. The van der Waals surface area contributed by atoms with Crippen LogP contribution in [0.5, 0.6) is 5.75 Å². The van der Waals surface area contributed by atoms with Gasteiger partial charge in [0.15, 0.2) is 10.7 Å². The molecule has 10 nitrogen and oxygen atoms in total. The second-order valence-corrected chi connectivity index (χ2v) is 13.8. The number of rotatable bonds is 10. The maximum absolute atomic E-state index is 13.6. The van der Waals surface area contributed by atoms with Crippen LogP contribution in [0.4, 0.5) is 5.69 Å². The van der Waals surface area contributed by atoms with Gasteiger partial charge in [0.2, 0.25) is 5.91 Å². The summed E-state index contributed by atoms with van der Waals surface area (Å²) >= 11 is 0. The van der Waals surface area contributed by atoms with Crippen molar-refractivity contribution in [3.63, 3.8) is 0 Å². The highest BCUT2D eigenvalue weighted by molar-refractivity contribution is 7.92. The molecule has 3 atom stereocenters. The van der Waals surface area contributed by atoms with Crippen LogP contribution >= 0.6 is 0 Å². The molecule has 4 aromatic rings. The minimum Gasteiger partial charge on any atom is -0.488 e. The van der Waals surface area contributed by atoms with Crippen LogP contribution in [0.1, 0.15) is 36.4 Å². The van der Waals surface area contributed by atoms with E-state index in [9.17, 15) is 18.3 Å². The van der Waals surface area contributed by atoms with Gasteiger partial charge < -0.3 is 19.3 Å². The standard InChI is InChI=1S/C35H42N4O6S/c1-23-19-39(24(2)22-40)34(41)18-30-17-31(37-46(42,43)35-25(3)36-45-26(35)4)15-16-32(30)44-33(23)21-38(5)20-27-11-13-29(14-12-27)28-9-7-6-8-10-28/h6-17,23-24,33,37,40H,18-22H2,1-5H3/t23-,24+,33-/m1/s1. The molecule has 1 amide bonds. The van der Waals surface area contributed by atoms with Crippen molar-refractivity contribution in [3.05, 3.63) is 95.4 Å². The average molecular weight is 647 g/mol. The molecule has 5 rings (SSSR count). The minimum atomic E-state index is -3.99. The van der Waals surface area contributed by atoms with Crippen LogP contribution in [0.15, 0.2) is 82.2 Å². The first-order chi connectivity index (χ1) is 21.9. The van der Waals surface area contributed by atoms with Gasteiger partial charge >= 0.3 is 0 Å². The summed E-state index contributed by atoms with van der Waals surface area (Å²) in [5, 5.41) is 13.7. The van der Waals surface area contributed by atoms with Crippen LogP contribution in [-0.4, -0.2) is 73.3 Å². The molecule has 11 heteroatoms. The highest BCUT2D eigenvalue weighted by Gasteiger charge is 2.32. The Bertz CT molecular complexity index is 1740. The number of benzene rings is 3. The number of fused-ring (bicyclic) bond motifs is 1.